The standard InChI is InChI=1S/C15H19N3O2/c1-10(16-3)9-17-14(19)13-11(2)20-15(18-13)12-7-5-4-6-8-12/h4-8,10,16H,9H2,1-3H3,(H,17,19). The number of aryl methyl sites for hydroxylation is 1. The highest BCUT2D eigenvalue weighted by Gasteiger charge is 2.18. The molecule has 0 saturated carbocycles. The molecule has 1 atom stereocenters. The van der Waals surface area contributed by atoms with Crippen molar-refractivity contribution in [1.82, 2.24) is 15.6 Å². The maximum Gasteiger partial charge on any atom is 0.273 e. The van der Waals surface area contributed by atoms with Crippen molar-refractivity contribution in [3.8, 4) is 11.5 Å². The topological polar surface area (TPSA) is 67.2 Å². The zero-order valence-electron chi connectivity index (χ0n) is 11.9. The molecule has 1 aromatic carbocycles. The molecule has 0 aliphatic carbocycles. The molecule has 0 fully saturated rings. The molecule has 1 amide bonds. The maximum absolute atomic E-state index is 12.1. The minimum atomic E-state index is -0.212. The third-order valence-corrected chi connectivity index (χ3v) is 3.09. The van der Waals surface area contributed by atoms with E-state index in [0.717, 1.165) is 5.56 Å². The van der Waals surface area contributed by atoms with Gasteiger partial charge in [-0.3, -0.25) is 4.79 Å². The van der Waals surface area contributed by atoms with E-state index in [1.54, 1.807) is 6.92 Å². The molecule has 20 heavy (non-hydrogen) atoms. The predicted molar refractivity (Wildman–Crippen MR) is 77.5 cm³/mol. The van der Waals surface area contributed by atoms with E-state index in [2.05, 4.69) is 15.6 Å². The van der Waals surface area contributed by atoms with Crippen molar-refractivity contribution in [1.29, 1.82) is 0 Å². The summed E-state index contributed by atoms with van der Waals surface area (Å²) in [6.07, 6.45) is 0. The van der Waals surface area contributed by atoms with E-state index >= 15 is 0 Å². The molecular weight excluding hydrogens is 254 g/mol. The molecule has 2 rings (SSSR count). The number of carbonyl (C=O) groups excluding carboxylic acids is 1. The largest absolute Gasteiger partial charge is 0.441 e. The van der Waals surface area contributed by atoms with E-state index < -0.39 is 0 Å². The highest BCUT2D eigenvalue weighted by molar-refractivity contribution is 5.93. The lowest BCUT2D eigenvalue weighted by atomic mass is 10.2. The molecule has 106 valence electrons. The van der Waals surface area contributed by atoms with E-state index in [-0.39, 0.29) is 11.9 Å². The van der Waals surface area contributed by atoms with Crippen molar-refractivity contribution in [2.75, 3.05) is 13.6 Å². The van der Waals surface area contributed by atoms with Crippen molar-refractivity contribution < 1.29 is 9.21 Å². The molecule has 5 heteroatoms. The van der Waals surface area contributed by atoms with Crippen molar-refractivity contribution >= 4 is 5.91 Å². The molecule has 1 heterocycles. The highest BCUT2D eigenvalue weighted by Crippen LogP contribution is 2.21. The van der Waals surface area contributed by atoms with Gasteiger partial charge >= 0.3 is 0 Å². The molecule has 2 aromatic rings. The lowest BCUT2D eigenvalue weighted by Gasteiger charge is -2.10. The quantitative estimate of drug-likeness (QED) is 0.874. The van der Waals surface area contributed by atoms with Crippen molar-refractivity contribution in [3.05, 3.63) is 41.8 Å². The van der Waals surface area contributed by atoms with Crippen LogP contribution in [0.25, 0.3) is 11.5 Å². The van der Waals surface area contributed by atoms with Gasteiger partial charge in [0.05, 0.1) is 0 Å². The van der Waals surface area contributed by atoms with Gasteiger partial charge in [-0.2, -0.15) is 0 Å². The first-order valence-electron chi connectivity index (χ1n) is 6.60. The predicted octanol–water partition coefficient (Wildman–Crippen LogP) is 1.99. The maximum atomic E-state index is 12.1. The zero-order chi connectivity index (χ0) is 14.5. The van der Waals surface area contributed by atoms with Crippen LogP contribution in [0.2, 0.25) is 0 Å². The number of amides is 1. The average molecular weight is 273 g/mol. The lowest BCUT2D eigenvalue weighted by Crippen LogP contribution is -2.37. The Labute approximate surface area is 118 Å². The molecule has 1 aromatic heterocycles. The molecule has 0 aliphatic rings. The number of aromatic nitrogens is 1. The number of oxazole rings is 1. The normalized spacial score (nSPS) is 12.2. The van der Waals surface area contributed by atoms with Gasteiger partial charge in [0.1, 0.15) is 5.76 Å². The van der Waals surface area contributed by atoms with Crippen LogP contribution in [0.5, 0.6) is 0 Å². The summed E-state index contributed by atoms with van der Waals surface area (Å²) in [6, 6.07) is 9.74. The molecule has 0 saturated heterocycles. The Morgan fingerprint density at radius 3 is 2.70 bits per heavy atom. The van der Waals surface area contributed by atoms with E-state index in [9.17, 15) is 4.79 Å². The number of rotatable bonds is 5. The second-order valence-corrected chi connectivity index (χ2v) is 4.69. The highest BCUT2D eigenvalue weighted by atomic mass is 16.4. The number of hydrogen-bond donors (Lipinski definition) is 2. The number of likely N-dealkylation sites (N-methyl/N-ethyl adjacent to an activating group) is 1. The second-order valence-electron chi connectivity index (χ2n) is 4.69. The molecule has 0 spiro atoms. The Hall–Kier alpha value is -2.14. The zero-order valence-corrected chi connectivity index (χ0v) is 11.9. The molecule has 0 bridgehead atoms. The molecular formula is C15H19N3O2. The van der Waals surface area contributed by atoms with Crippen molar-refractivity contribution in [3.63, 3.8) is 0 Å². The summed E-state index contributed by atoms with van der Waals surface area (Å²) in [5, 5.41) is 5.89. The van der Waals surface area contributed by atoms with Crippen LogP contribution in [0.1, 0.15) is 23.2 Å². The fourth-order valence-electron chi connectivity index (χ4n) is 1.74. The number of hydrogen-bond acceptors (Lipinski definition) is 4. The number of nitrogens with one attached hydrogen (secondary N) is 2. The van der Waals surface area contributed by atoms with Crippen LogP contribution >= 0.6 is 0 Å². The molecule has 0 radical (unpaired) electrons. The summed E-state index contributed by atoms with van der Waals surface area (Å²) >= 11 is 0. The van der Waals surface area contributed by atoms with E-state index in [0.29, 0.717) is 23.9 Å². The van der Waals surface area contributed by atoms with Gasteiger partial charge in [-0.1, -0.05) is 18.2 Å². The van der Waals surface area contributed by atoms with Crippen LogP contribution in [-0.2, 0) is 0 Å². The van der Waals surface area contributed by atoms with Crippen LogP contribution < -0.4 is 10.6 Å². The van der Waals surface area contributed by atoms with Gasteiger partial charge in [-0.15, -0.1) is 0 Å². The first kappa shape index (κ1) is 14.3. The Morgan fingerprint density at radius 2 is 2.05 bits per heavy atom. The van der Waals surface area contributed by atoms with E-state index in [1.807, 2.05) is 44.3 Å². The fourth-order valence-corrected chi connectivity index (χ4v) is 1.74. The summed E-state index contributed by atoms with van der Waals surface area (Å²) < 4.78 is 5.57. The van der Waals surface area contributed by atoms with Crippen LogP contribution in [0, 0.1) is 6.92 Å². The SMILES string of the molecule is CNC(C)CNC(=O)c1nc(-c2ccccc2)oc1C. The van der Waals surface area contributed by atoms with Gasteiger partial charge in [0.15, 0.2) is 5.69 Å². The molecule has 0 aliphatic heterocycles. The summed E-state index contributed by atoms with van der Waals surface area (Å²) in [6.45, 7) is 4.28. The van der Waals surface area contributed by atoms with Crippen LogP contribution in [0.3, 0.4) is 0 Å². The van der Waals surface area contributed by atoms with Crippen molar-refractivity contribution in [2.45, 2.75) is 19.9 Å². The van der Waals surface area contributed by atoms with Crippen molar-refractivity contribution in [2.24, 2.45) is 0 Å². The first-order valence-corrected chi connectivity index (χ1v) is 6.60. The van der Waals surface area contributed by atoms with Crippen LogP contribution in [-0.4, -0.2) is 30.5 Å². The second kappa shape index (κ2) is 6.34. The van der Waals surface area contributed by atoms with Gasteiger partial charge in [0.25, 0.3) is 5.91 Å². The Balaban J connectivity index is 2.13. The summed E-state index contributed by atoms with van der Waals surface area (Å²) in [5.41, 5.74) is 1.20. The minimum Gasteiger partial charge on any atom is -0.441 e. The van der Waals surface area contributed by atoms with Gasteiger partial charge in [0.2, 0.25) is 5.89 Å². The smallest absolute Gasteiger partial charge is 0.273 e. The fraction of sp³-hybridized carbons (Fsp3) is 0.333. The monoisotopic (exact) mass is 273 g/mol. The van der Waals surface area contributed by atoms with Gasteiger partial charge in [-0.05, 0) is 33.0 Å². The van der Waals surface area contributed by atoms with Gasteiger partial charge in [-0.25, -0.2) is 4.98 Å². The van der Waals surface area contributed by atoms with Crippen LogP contribution in [0.4, 0.5) is 0 Å². The first-order chi connectivity index (χ1) is 9.61. The lowest BCUT2D eigenvalue weighted by molar-refractivity contribution is 0.0944. The van der Waals surface area contributed by atoms with Gasteiger partial charge < -0.3 is 15.1 Å². The number of benzene rings is 1. The van der Waals surface area contributed by atoms with E-state index in [1.165, 1.54) is 0 Å². The van der Waals surface area contributed by atoms with Crippen LogP contribution in [0.15, 0.2) is 34.7 Å². The third kappa shape index (κ3) is 3.24. The Kier molecular flexibility index (Phi) is 4.53. The van der Waals surface area contributed by atoms with Gasteiger partial charge in [0, 0.05) is 18.2 Å². The number of carbonyl (C=O) groups is 1. The average Bonchev–Trinajstić information content (AvgIpc) is 2.87. The number of nitrogens with zero attached hydrogens (tertiary/aromatic N) is 1. The summed E-state index contributed by atoms with van der Waals surface area (Å²) in [5.74, 6) is 0.781. The molecule has 2 N–H and O–H groups in total. The third-order valence-electron chi connectivity index (χ3n) is 3.09. The minimum absolute atomic E-state index is 0.208. The Morgan fingerprint density at radius 1 is 1.35 bits per heavy atom. The molecule has 5 nitrogen and oxygen atoms in total. The Bertz CT molecular complexity index is 578. The molecule has 1 unspecified atom stereocenters. The van der Waals surface area contributed by atoms with E-state index in [4.69, 9.17) is 4.42 Å². The summed E-state index contributed by atoms with van der Waals surface area (Å²) in [7, 11) is 1.85. The summed E-state index contributed by atoms with van der Waals surface area (Å²) in [4.78, 5) is 16.4.